The lowest BCUT2D eigenvalue weighted by atomic mass is 9.94. The second-order valence-corrected chi connectivity index (χ2v) is 9.09. The van der Waals surface area contributed by atoms with Gasteiger partial charge in [0.15, 0.2) is 0 Å². The monoisotopic (exact) mass is 330 g/mol. The molecule has 2 rings (SSSR count). The third kappa shape index (κ3) is 5.20. The minimum atomic E-state index is -3.05. The minimum absolute atomic E-state index is 0.232. The molecule has 2 fully saturated rings. The van der Waals surface area contributed by atoms with E-state index in [0.29, 0.717) is 6.04 Å². The van der Waals surface area contributed by atoms with E-state index < -0.39 is 10.0 Å². The first-order valence-corrected chi connectivity index (χ1v) is 11.1. The summed E-state index contributed by atoms with van der Waals surface area (Å²) in [5, 5.41) is 0. The Kier molecular flexibility index (Phi) is 7.16. The van der Waals surface area contributed by atoms with Gasteiger partial charge in [-0.05, 0) is 51.6 Å². The Morgan fingerprint density at radius 2 is 1.73 bits per heavy atom. The van der Waals surface area contributed by atoms with Gasteiger partial charge < -0.3 is 4.90 Å². The lowest BCUT2D eigenvalue weighted by molar-refractivity contribution is 0.154. The van der Waals surface area contributed by atoms with Gasteiger partial charge in [-0.2, -0.15) is 4.31 Å². The first kappa shape index (κ1) is 18.2. The average molecular weight is 331 g/mol. The minimum Gasteiger partial charge on any atom is -0.300 e. The molecular formula is C17H34N2O2S. The largest absolute Gasteiger partial charge is 0.300 e. The fraction of sp³-hybridized carbons (Fsp3) is 1.00. The Morgan fingerprint density at radius 3 is 2.36 bits per heavy atom. The van der Waals surface area contributed by atoms with Gasteiger partial charge in [-0.1, -0.05) is 32.6 Å². The van der Waals surface area contributed by atoms with Gasteiger partial charge in [-0.15, -0.1) is 0 Å². The summed E-state index contributed by atoms with van der Waals surface area (Å²) in [6.07, 6.45) is 13.4. The van der Waals surface area contributed by atoms with Gasteiger partial charge in [0.25, 0.3) is 0 Å². The maximum absolute atomic E-state index is 12.1. The number of hydrogen-bond donors (Lipinski definition) is 0. The molecule has 0 aliphatic carbocycles. The zero-order chi connectivity index (χ0) is 16.0. The van der Waals surface area contributed by atoms with Gasteiger partial charge in [0, 0.05) is 18.6 Å². The van der Waals surface area contributed by atoms with Crippen LogP contribution in [0.1, 0.15) is 71.1 Å². The molecule has 2 atom stereocenters. The van der Waals surface area contributed by atoms with Gasteiger partial charge in [-0.25, -0.2) is 8.42 Å². The molecule has 0 N–H and O–H groups in total. The first-order valence-electron chi connectivity index (χ1n) is 9.23. The molecule has 22 heavy (non-hydrogen) atoms. The van der Waals surface area contributed by atoms with Crippen molar-refractivity contribution in [3.63, 3.8) is 0 Å². The number of piperidine rings is 1. The summed E-state index contributed by atoms with van der Waals surface area (Å²) in [6, 6.07) is 0.817. The maximum atomic E-state index is 12.1. The summed E-state index contributed by atoms with van der Waals surface area (Å²) >= 11 is 0. The molecule has 2 heterocycles. The lowest BCUT2D eigenvalue weighted by Crippen LogP contribution is -2.47. The van der Waals surface area contributed by atoms with E-state index in [9.17, 15) is 8.42 Å². The molecule has 130 valence electrons. The van der Waals surface area contributed by atoms with Crippen molar-refractivity contribution in [1.29, 1.82) is 0 Å². The van der Waals surface area contributed by atoms with Crippen molar-refractivity contribution >= 4 is 10.0 Å². The van der Waals surface area contributed by atoms with E-state index in [1.807, 2.05) is 0 Å². The highest BCUT2D eigenvalue weighted by molar-refractivity contribution is 7.88. The summed E-state index contributed by atoms with van der Waals surface area (Å²) in [5.41, 5.74) is 0. The molecule has 0 aromatic heterocycles. The van der Waals surface area contributed by atoms with Crippen LogP contribution in [0.25, 0.3) is 0 Å². The van der Waals surface area contributed by atoms with Crippen LogP contribution in [0.2, 0.25) is 0 Å². The van der Waals surface area contributed by atoms with E-state index in [-0.39, 0.29) is 6.04 Å². The number of sulfonamides is 1. The molecule has 0 aromatic carbocycles. The SMILES string of the molecule is CCCCC[C@H](C[C@H]1CCCCN1S(C)(=O)=O)N1CCCC1. The van der Waals surface area contributed by atoms with Crippen molar-refractivity contribution in [2.75, 3.05) is 25.9 Å². The molecule has 2 saturated heterocycles. The van der Waals surface area contributed by atoms with Crippen LogP contribution in [0.3, 0.4) is 0 Å². The second kappa shape index (κ2) is 8.65. The molecule has 0 spiro atoms. The van der Waals surface area contributed by atoms with Crippen LogP contribution in [-0.4, -0.2) is 55.6 Å². The maximum Gasteiger partial charge on any atom is 0.211 e. The highest BCUT2D eigenvalue weighted by atomic mass is 32.2. The van der Waals surface area contributed by atoms with E-state index >= 15 is 0 Å². The van der Waals surface area contributed by atoms with Crippen LogP contribution in [0, 0.1) is 0 Å². The summed E-state index contributed by atoms with van der Waals surface area (Å²) < 4.78 is 25.9. The standard InChI is InChI=1S/C17H34N2O2S/c1-3-4-5-10-16(18-12-8-9-13-18)15-17-11-6-7-14-19(17)22(2,20)21/h16-17H,3-15H2,1-2H3/t16-,17-/m1/s1. The quantitative estimate of drug-likeness (QED) is 0.642. The predicted molar refractivity (Wildman–Crippen MR) is 92.5 cm³/mol. The van der Waals surface area contributed by atoms with Gasteiger partial charge >= 0.3 is 0 Å². The average Bonchev–Trinajstić information content (AvgIpc) is 3.00. The number of likely N-dealkylation sites (tertiary alicyclic amines) is 1. The van der Waals surface area contributed by atoms with E-state index in [4.69, 9.17) is 0 Å². The Bertz CT molecular complexity index is 418. The Hall–Kier alpha value is -0.130. The molecule has 2 aliphatic heterocycles. The normalized spacial score (nSPS) is 26.4. The van der Waals surface area contributed by atoms with E-state index in [1.54, 1.807) is 4.31 Å². The zero-order valence-electron chi connectivity index (χ0n) is 14.5. The van der Waals surface area contributed by atoms with Crippen molar-refractivity contribution in [2.45, 2.75) is 83.2 Å². The molecule has 0 bridgehead atoms. The lowest BCUT2D eigenvalue weighted by Gasteiger charge is -2.38. The summed E-state index contributed by atoms with van der Waals surface area (Å²) in [6.45, 7) is 5.40. The smallest absolute Gasteiger partial charge is 0.211 e. The first-order chi connectivity index (χ1) is 10.5. The van der Waals surface area contributed by atoms with Crippen molar-refractivity contribution < 1.29 is 8.42 Å². The summed E-state index contributed by atoms with van der Waals surface area (Å²) in [7, 11) is -3.05. The van der Waals surface area contributed by atoms with Gasteiger partial charge in [0.1, 0.15) is 0 Å². The Morgan fingerprint density at radius 1 is 1.05 bits per heavy atom. The topological polar surface area (TPSA) is 40.6 Å². The fourth-order valence-corrected chi connectivity index (χ4v) is 5.34. The van der Waals surface area contributed by atoms with E-state index in [1.165, 1.54) is 64.3 Å². The van der Waals surface area contributed by atoms with Crippen LogP contribution in [0.4, 0.5) is 0 Å². The van der Waals surface area contributed by atoms with Crippen molar-refractivity contribution in [3.8, 4) is 0 Å². The molecule has 0 saturated carbocycles. The molecule has 0 aromatic rings. The second-order valence-electron chi connectivity index (χ2n) is 7.15. The molecule has 0 radical (unpaired) electrons. The van der Waals surface area contributed by atoms with Crippen molar-refractivity contribution in [3.05, 3.63) is 0 Å². The van der Waals surface area contributed by atoms with Crippen LogP contribution in [-0.2, 0) is 10.0 Å². The van der Waals surface area contributed by atoms with Gasteiger partial charge in [0.05, 0.1) is 6.26 Å². The molecule has 0 unspecified atom stereocenters. The summed E-state index contributed by atoms with van der Waals surface area (Å²) in [5.74, 6) is 0. The zero-order valence-corrected chi connectivity index (χ0v) is 15.3. The Balaban J connectivity index is 1.99. The number of hydrogen-bond acceptors (Lipinski definition) is 3. The Labute approximate surface area is 137 Å². The number of nitrogens with zero attached hydrogens (tertiary/aromatic N) is 2. The molecule has 2 aliphatic rings. The highest BCUT2D eigenvalue weighted by Gasteiger charge is 2.33. The van der Waals surface area contributed by atoms with Crippen LogP contribution < -0.4 is 0 Å². The third-order valence-corrected chi connectivity index (χ3v) is 6.67. The van der Waals surface area contributed by atoms with E-state index in [2.05, 4.69) is 11.8 Å². The number of unbranched alkanes of at least 4 members (excludes halogenated alkanes) is 2. The summed E-state index contributed by atoms with van der Waals surface area (Å²) in [4.78, 5) is 2.63. The predicted octanol–water partition coefficient (Wildman–Crippen LogP) is 3.24. The van der Waals surface area contributed by atoms with Crippen molar-refractivity contribution in [2.24, 2.45) is 0 Å². The molecular weight excluding hydrogens is 296 g/mol. The van der Waals surface area contributed by atoms with Gasteiger partial charge in [0.2, 0.25) is 10.0 Å². The van der Waals surface area contributed by atoms with Crippen molar-refractivity contribution in [1.82, 2.24) is 9.21 Å². The van der Waals surface area contributed by atoms with E-state index in [0.717, 1.165) is 25.8 Å². The molecule has 4 nitrogen and oxygen atoms in total. The molecule has 0 amide bonds. The third-order valence-electron chi connectivity index (χ3n) is 5.34. The highest BCUT2D eigenvalue weighted by Crippen LogP contribution is 2.28. The van der Waals surface area contributed by atoms with Crippen LogP contribution >= 0.6 is 0 Å². The number of rotatable bonds is 8. The van der Waals surface area contributed by atoms with Crippen LogP contribution in [0.5, 0.6) is 0 Å². The van der Waals surface area contributed by atoms with Crippen LogP contribution in [0.15, 0.2) is 0 Å². The van der Waals surface area contributed by atoms with Gasteiger partial charge in [-0.3, -0.25) is 0 Å². The fourth-order valence-electron chi connectivity index (χ4n) is 4.15. The molecule has 5 heteroatoms.